The Morgan fingerprint density at radius 3 is 2.35 bits per heavy atom. The fourth-order valence-electron chi connectivity index (χ4n) is 1.87. The van der Waals surface area contributed by atoms with E-state index in [-0.39, 0.29) is 36.4 Å². The summed E-state index contributed by atoms with van der Waals surface area (Å²) < 4.78 is 4.97. The van der Waals surface area contributed by atoms with Gasteiger partial charge in [-0.2, -0.15) is 0 Å². The quantitative estimate of drug-likeness (QED) is 0.372. The number of aliphatic hydroxyl groups excluding tert-OH is 1. The van der Waals surface area contributed by atoms with E-state index in [1.807, 2.05) is 13.8 Å². The van der Waals surface area contributed by atoms with Crippen molar-refractivity contribution in [2.75, 3.05) is 32.9 Å². The molecule has 1 aliphatic heterocycles. The number of nitrogens with zero attached hydrogens (tertiary/aromatic N) is 1. The Morgan fingerprint density at radius 1 is 1.31 bits per heavy atom. The van der Waals surface area contributed by atoms with E-state index in [1.54, 1.807) is 0 Å². The first-order chi connectivity index (χ1) is 12.1. The standard InChI is InChI=1S/C12H18N2O3.C6H15NO2/c1-9(2)3-4-10(15)13-7-8-14-11(16)5-6-12(14)17;1-6(2,7)5-9-4-3-8/h5-6,9H,3-4,7-8H2,1-2H3,(H,13,15);8H,3-5,7H2,1-2H3. The summed E-state index contributed by atoms with van der Waals surface area (Å²) in [5.41, 5.74) is 5.29. The molecule has 0 bridgehead atoms. The number of hydrogen-bond acceptors (Lipinski definition) is 6. The van der Waals surface area contributed by atoms with E-state index in [0.717, 1.165) is 11.3 Å². The minimum Gasteiger partial charge on any atom is -0.394 e. The second-order valence-electron chi connectivity index (χ2n) is 7.21. The molecule has 8 heteroatoms. The van der Waals surface area contributed by atoms with Crippen molar-refractivity contribution < 1.29 is 24.2 Å². The summed E-state index contributed by atoms with van der Waals surface area (Å²) in [5, 5.41) is 11.0. The van der Waals surface area contributed by atoms with Crippen LogP contribution in [-0.2, 0) is 19.1 Å². The Balaban J connectivity index is 0.000000590. The normalized spacial score (nSPS) is 13.9. The first-order valence-electron chi connectivity index (χ1n) is 8.84. The average molecular weight is 371 g/mol. The highest BCUT2D eigenvalue weighted by Gasteiger charge is 2.22. The third kappa shape index (κ3) is 12.6. The molecule has 26 heavy (non-hydrogen) atoms. The number of ether oxygens (including phenoxy) is 1. The van der Waals surface area contributed by atoms with Gasteiger partial charge < -0.3 is 20.9 Å². The molecule has 1 aliphatic rings. The van der Waals surface area contributed by atoms with Crippen molar-refractivity contribution in [3.8, 4) is 0 Å². The summed E-state index contributed by atoms with van der Waals surface area (Å²) in [7, 11) is 0. The maximum atomic E-state index is 11.4. The zero-order valence-electron chi connectivity index (χ0n) is 16.3. The van der Waals surface area contributed by atoms with Crippen molar-refractivity contribution in [3.05, 3.63) is 12.2 Å². The molecule has 0 spiro atoms. The average Bonchev–Trinajstić information content (AvgIpc) is 2.84. The Hall–Kier alpha value is -1.77. The molecule has 0 aromatic heterocycles. The van der Waals surface area contributed by atoms with Gasteiger partial charge in [-0.3, -0.25) is 19.3 Å². The van der Waals surface area contributed by atoms with Crippen molar-refractivity contribution in [2.24, 2.45) is 11.7 Å². The van der Waals surface area contributed by atoms with Gasteiger partial charge in [-0.05, 0) is 26.2 Å². The lowest BCUT2D eigenvalue weighted by Gasteiger charge is -2.17. The molecular weight excluding hydrogens is 338 g/mol. The monoisotopic (exact) mass is 371 g/mol. The largest absolute Gasteiger partial charge is 0.394 e. The van der Waals surface area contributed by atoms with E-state index in [0.29, 0.717) is 32.1 Å². The third-order valence-electron chi connectivity index (χ3n) is 3.22. The van der Waals surface area contributed by atoms with Crippen molar-refractivity contribution in [2.45, 2.75) is 46.1 Å². The van der Waals surface area contributed by atoms with Gasteiger partial charge in [0.15, 0.2) is 0 Å². The van der Waals surface area contributed by atoms with Gasteiger partial charge in [0.2, 0.25) is 5.91 Å². The number of nitrogens with two attached hydrogens (primary N) is 1. The molecule has 0 atom stereocenters. The van der Waals surface area contributed by atoms with E-state index in [9.17, 15) is 14.4 Å². The molecule has 0 aromatic carbocycles. The lowest BCUT2D eigenvalue weighted by Crippen LogP contribution is -2.38. The van der Waals surface area contributed by atoms with E-state index in [4.69, 9.17) is 15.6 Å². The predicted molar refractivity (Wildman–Crippen MR) is 99.1 cm³/mol. The Bertz CT molecular complexity index is 466. The Labute approximate surface area is 155 Å². The van der Waals surface area contributed by atoms with E-state index in [1.165, 1.54) is 12.2 Å². The first kappa shape index (κ1) is 24.2. The van der Waals surface area contributed by atoms with Crippen molar-refractivity contribution >= 4 is 17.7 Å². The molecule has 8 nitrogen and oxygen atoms in total. The second kappa shape index (κ2) is 12.6. The van der Waals surface area contributed by atoms with Crippen LogP contribution in [0.4, 0.5) is 0 Å². The molecule has 4 N–H and O–H groups in total. The van der Waals surface area contributed by atoms with Crippen LogP contribution in [-0.4, -0.2) is 66.2 Å². The fraction of sp³-hybridized carbons (Fsp3) is 0.722. The molecule has 0 aliphatic carbocycles. The van der Waals surface area contributed by atoms with Gasteiger partial charge in [-0.15, -0.1) is 0 Å². The van der Waals surface area contributed by atoms with Gasteiger partial charge >= 0.3 is 0 Å². The number of amides is 3. The predicted octanol–water partition coefficient (Wildman–Crippen LogP) is 0.196. The van der Waals surface area contributed by atoms with E-state index < -0.39 is 0 Å². The van der Waals surface area contributed by atoms with Gasteiger partial charge in [-0.25, -0.2) is 0 Å². The smallest absolute Gasteiger partial charge is 0.253 e. The van der Waals surface area contributed by atoms with Gasteiger partial charge in [0, 0.05) is 37.2 Å². The highest BCUT2D eigenvalue weighted by Crippen LogP contribution is 2.04. The third-order valence-corrected chi connectivity index (χ3v) is 3.22. The zero-order chi connectivity index (χ0) is 20.2. The minimum absolute atomic E-state index is 0.0363. The molecule has 1 rings (SSSR count). The summed E-state index contributed by atoms with van der Waals surface area (Å²) >= 11 is 0. The maximum absolute atomic E-state index is 11.4. The molecule has 1 heterocycles. The van der Waals surface area contributed by atoms with Crippen LogP contribution in [0.5, 0.6) is 0 Å². The second-order valence-corrected chi connectivity index (χ2v) is 7.21. The number of carbonyl (C=O) groups is 3. The molecule has 3 amide bonds. The number of carbonyl (C=O) groups excluding carboxylic acids is 3. The van der Waals surface area contributed by atoms with Gasteiger partial charge in [0.05, 0.1) is 19.8 Å². The number of aliphatic hydroxyl groups is 1. The van der Waals surface area contributed by atoms with E-state index in [2.05, 4.69) is 19.2 Å². The Morgan fingerprint density at radius 2 is 1.88 bits per heavy atom. The number of nitrogens with one attached hydrogen (secondary N) is 1. The van der Waals surface area contributed by atoms with Crippen LogP contribution in [0.25, 0.3) is 0 Å². The van der Waals surface area contributed by atoms with Crippen LogP contribution < -0.4 is 11.1 Å². The minimum atomic E-state index is -0.313. The maximum Gasteiger partial charge on any atom is 0.253 e. The molecule has 0 saturated heterocycles. The van der Waals surface area contributed by atoms with Crippen molar-refractivity contribution in [1.82, 2.24) is 10.2 Å². The highest BCUT2D eigenvalue weighted by atomic mass is 16.5. The summed E-state index contributed by atoms with van der Waals surface area (Å²) in [6.07, 6.45) is 3.80. The summed E-state index contributed by atoms with van der Waals surface area (Å²) in [6.45, 7) is 9.36. The van der Waals surface area contributed by atoms with Crippen LogP contribution in [0.3, 0.4) is 0 Å². The Kier molecular flexibility index (Phi) is 11.7. The summed E-state index contributed by atoms with van der Waals surface area (Å²) in [4.78, 5) is 34.8. The molecule has 0 saturated carbocycles. The van der Waals surface area contributed by atoms with Crippen LogP contribution in [0.1, 0.15) is 40.5 Å². The topological polar surface area (TPSA) is 122 Å². The molecule has 0 unspecified atom stereocenters. The van der Waals surface area contributed by atoms with Crippen LogP contribution >= 0.6 is 0 Å². The van der Waals surface area contributed by atoms with Gasteiger partial charge in [-0.1, -0.05) is 13.8 Å². The molecule has 0 radical (unpaired) electrons. The van der Waals surface area contributed by atoms with E-state index >= 15 is 0 Å². The highest BCUT2D eigenvalue weighted by molar-refractivity contribution is 6.12. The van der Waals surface area contributed by atoms with Gasteiger partial charge in [0.25, 0.3) is 11.8 Å². The van der Waals surface area contributed by atoms with Crippen molar-refractivity contribution in [1.29, 1.82) is 0 Å². The summed E-state index contributed by atoms with van der Waals surface area (Å²) in [5.74, 6) is -0.171. The number of rotatable bonds is 10. The zero-order valence-corrected chi connectivity index (χ0v) is 16.3. The SMILES string of the molecule is CC(C)(N)COCCO.CC(C)CCC(=O)NCCN1C(=O)C=CC1=O. The number of hydrogen-bond donors (Lipinski definition) is 3. The molecule has 0 aromatic rings. The molecule has 150 valence electrons. The lowest BCUT2D eigenvalue weighted by molar-refractivity contribution is -0.137. The number of imide groups is 1. The van der Waals surface area contributed by atoms with Crippen molar-refractivity contribution in [3.63, 3.8) is 0 Å². The van der Waals surface area contributed by atoms with Crippen LogP contribution in [0.15, 0.2) is 12.2 Å². The van der Waals surface area contributed by atoms with Crippen LogP contribution in [0, 0.1) is 5.92 Å². The molecule has 0 fully saturated rings. The summed E-state index contributed by atoms with van der Waals surface area (Å²) in [6, 6.07) is 0. The fourth-order valence-corrected chi connectivity index (χ4v) is 1.87. The molecular formula is C18H33N3O5. The van der Waals surface area contributed by atoms with Gasteiger partial charge in [0.1, 0.15) is 0 Å². The lowest BCUT2D eigenvalue weighted by atomic mass is 10.1. The first-order valence-corrected chi connectivity index (χ1v) is 8.84. The van der Waals surface area contributed by atoms with Crippen LogP contribution in [0.2, 0.25) is 0 Å².